The molecule has 0 saturated carbocycles. The fourth-order valence-electron chi connectivity index (χ4n) is 1.81. The fourth-order valence-corrected chi connectivity index (χ4v) is 1.81. The summed E-state index contributed by atoms with van der Waals surface area (Å²) in [6.07, 6.45) is 0. The van der Waals surface area contributed by atoms with Gasteiger partial charge in [0.1, 0.15) is 11.5 Å². The second kappa shape index (κ2) is 4.57. The maximum absolute atomic E-state index is 11.4. The number of hydrogen-bond donors (Lipinski definition) is 1. The number of aryl methyl sites for hydroxylation is 1. The van der Waals surface area contributed by atoms with Crippen molar-refractivity contribution < 1.29 is 9.53 Å². The van der Waals surface area contributed by atoms with Gasteiger partial charge in [-0.3, -0.25) is 4.79 Å². The minimum atomic E-state index is -0.168. The molecule has 0 bridgehead atoms. The number of hydrogen-bond acceptors (Lipinski definition) is 5. The standard InChI is InChI=1S/C11H16N4O2/c1-4-15(5-2)10-9-11(13-7(3)12-10)17-6-8(16)14-9/h4-6H2,1-3H3,(H,14,16). The molecule has 0 aromatic carbocycles. The van der Waals surface area contributed by atoms with Crippen LogP contribution in [0.1, 0.15) is 19.7 Å². The molecule has 17 heavy (non-hydrogen) atoms. The van der Waals surface area contributed by atoms with Gasteiger partial charge in [0.05, 0.1) is 0 Å². The van der Waals surface area contributed by atoms with Crippen LogP contribution in [0.4, 0.5) is 11.5 Å². The molecule has 1 aromatic heterocycles. The Bertz CT molecular complexity index is 443. The van der Waals surface area contributed by atoms with E-state index in [2.05, 4.69) is 20.2 Å². The van der Waals surface area contributed by atoms with Crippen molar-refractivity contribution in [3.63, 3.8) is 0 Å². The Morgan fingerprint density at radius 1 is 1.35 bits per heavy atom. The number of carbonyl (C=O) groups is 1. The predicted molar refractivity (Wildman–Crippen MR) is 64.5 cm³/mol. The molecule has 1 aromatic rings. The lowest BCUT2D eigenvalue weighted by Crippen LogP contribution is -2.31. The fraction of sp³-hybridized carbons (Fsp3) is 0.545. The summed E-state index contributed by atoms with van der Waals surface area (Å²) in [5.41, 5.74) is 0.579. The van der Waals surface area contributed by atoms with Gasteiger partial charge in [-0.2, -0.15) is 4.98 Å². The van der Waals surface area contributed by atoms with Crippen LogP contribution >= 0.6 is 0 Å². The van der Waals surface area contributed by atoms with E-state index in [9.17, 15) is 4.79 Å². The smallest absolute Gasteiger partial charge is 0.262 e. The number of ether oxygens (including phenoxy) is 1. The van der Waals surface area contributed by atoms with E-state index < -0.39 is 0 Å². The van der Waals surface area contributed by atoms with E-state index in [1.54, 1.807) is 0 Å². The lowest BCUT2D eigenvalue weighted by atomic mass is 10.3. The van der Waals surface area contributed by atoms with Crippen LogP contribution in [0.25, 0.3) is 0 Å². The molecule has 0 unspecified atom stereocenters. The Labute approximate surface area is 100 Å². The highest BCUT2D eigenvalue weighted by atomic mass is 16.5. The molecule has 1 amide bonds. The van der Waals surface area contributed by atoms with Crippen LogP contribution in [0, 0.1) is 6.92 Å². The lowest BCUT2D eigenvalue weighted by molar-refractivity contribution is -0.118. The summed E-state index contributed by atoms with van der Waals surface area (Å²) < 4.78 is 5.31. The van der Waals surface area contributed by atoms with E-state index in [1.807, 2.05) is 20.8 Å². The molecule has 0 fully saturated rings. The van der Waals surface area contributed by atoms with Crippen LogP contribution in [0.2, 0.25) is 0 Å². The third-order valence-corrected chi connectivity index (χ3v) is 2.64. The summed E-state index contributed by atoms with van der Waals surface area (Å²) in [6.45, 7) is 7.54. The molecule has 0 radical (unpaired) electrons. The molecular weight excluding hydrogens is 220 g/mol. The van der Waals surface area contributed by atoms with Gasteiger partial charge in [-0.1, -0.05) is 0 Å². The summed E-state index contributed by atoms with van der Waals surface area (Å²) in [7, 11) is 0. The maximum atomic E-state index is 11.4. The highest BCUT2D eigenvalue weighted by Gasteiger charge is 2.24. The summed E-state index contributed by atoms with van der Waals surface area (Å²) in [6, 6.07) is 0. The van der Waals surface area contributed by atoms with E-state index in [0.717, 1.165) is 18.9 Å². The Kier molecular flexibility index (Phi) is 3.12. The summed E-state index contributed by atoms with van der Waals surface area (Å²) in [5.74, 6) is 1.66. The van der Waals surface area contributed by atoms with E-state index in [1.165, 1.54) is 0 Å². The van der Waals surface area contributed by atoms with Crippen molar-refractivity contribution >= 4 is 17.4 Å². The van der Waals surface area contributed by atoms with Crippen molar-refractivity contribution in [1.82, 2.24) is 9.97 Å². The second-order valence-corrected chi connectivity index (χ2v) is 3.78. The summed E-state index contributed by atoms with van der Waals surface area (Å²) >= 11 is 0. The number of rotatable bonds is 3. The average Bonchev–Trinajstić information content (AvgIpc) is 2.31. The molecule has 92 valence electrons. The molecule has 6 heteroatoms. The van der Waals surface area contributed by atoms with Crippen LogP contribution in [0.5, 0.6) is 5.88 Å². The number of nitrogens with zero attached hydrogens (tertiary/aromatic N) is 3. The highest BCUT2D eigenvalue weighted by Crippen LogP contribution is 2.33. The van der Waals surface area contributed by atoms with Gasteiger partial charge in [0, 0.05) is 13.1 Å². The third-order valence-electron chi connectivity index (χ3n) is 2.64. The van der Waals surface area contributed by atoms with Crippen molar-refractivity contribution in [3.8, 4) is 5.88 Å². The zero-order chi connectivity index (χ0) is 12.4. The SMILES string of the molecule is CCN(CC)c1nc(C)nc2c1NC(=O)CO2. The zero-order valence-corrected chi connectivity index (χ0v) is 10.3. The number of aromatic nitrogens is 2. The first kappa shape index (κ1) is 11.6. The molecule has 1 aliphatic rings. The van der Waals surface area contributed by atoms with Gasteiger partial charge in [0.15, 0.2) is 12.4 Å². The topological polar surface area (TPSA) is 67.4 Å². The van der Waals surface area contributed by atoms with E-state index in [4.69, 9.17) is 4.74 Å². The Morgan fingerprint density at radius 3 is 2.71 bits per heavy atom. The normalized spacial score (nSPS) is 13.7. The molecule has 0 saturated heterocycles. The van der Waals surface area contributed by atoms with E-state index in [-0.39, 0.29) is 12.5 Å². The predicted octanol–water partition coefficient (Wildman–Crippen LogP) is 0.962. The van der Waals surface area contributed by atoms with Gasteiger partial charge in [0.25, 0.3) is 5.91 Å². The van der Waals surface area contributed by atoms with Crippen molar-refractivity contribution in [2.75, 3.05) is 29.9 Å². The quantitative estimate of drug-likeness (QED) is 0.846. The number of anilines is 2. The monoisotopic (exact) mass is 236 g/mol. The van der Waals surface area contributed by atoms with Gasteiger partial charge >= 0.3 is 0 Å². The molecular formula is C11H16N4O2. The zero-order valence-electron chi connectivity index (χ0n) is 10.3. The van der Waals surface area contributed by atoms with E-state index in [0.29, 0.717) is 17.4 Å². The van der Waals surface area contributed by atoms with Gasteiger partial charge in [-0.25, -0.2) is 4.98 Å². The molecule has 1 aliphatic heterocycles. The van der Waals surface area contributed by atoms with Crippen molar-refractivity contribution in [1.29, 1.82) is 0 Å². The number of fused-ring (bicyclic) bond motifs is 1. The minimum absolute atomic E-state index is 0.0150. The minimum Gasteiger partial charge on any atom is -0.466 e. The van der Waals surface area contributed by atoms with Crippen LogP contribution in [-0.4, -0.2) is 35.6 Å². The Balaban J connectivity index is 2.50. The molecule has 2 rings (SSSR count). The Hall–Kier alpha value is -1.85. The molecule has 6 nitrogen and oxygen atoms in total. The summed E-state index contributed by atoms with van der Waals surface area (Å²) in [4.78, 5) is 22.0. The second-order valence-electron chi connectivity index (χ2n) is 3.78. The number of nitrogens with one attached hydrogen (secondary N) is 1. The van der Waals surface area contributed by atoms with Crippen molar-refractivity contribution in [2.24, 2.45) is 0 Å². The number of amides is 1. The summed E-state index contributed by atoms with van der Waals surface area (Å²) in [5, 5.41) is 2.77. The Morgan fingerprint density at radius 2 is 2.06 bits per heavy atom. The van der Waals surface area contributed by atoms with Crippen LogP contribution in [0.15, 0.2) is 0 Å². The van der Waals surface area contributed by atoms with Crippen LogP contribution in [-0.2, 0) is 4.79 Å². The lowest BCUT2D eigenvalue weighted by Gasteiger charge is -2.26. The van der Waals surface area contributed by atoms with Gasteiger partial charge in [-0.15, -0.1) is 0 Å². The van der Waals surface area contributed by atoms with Gasteiger partial charge in [-0.05, 0) is 20.8 Å². The maximum Gasteiger partial charge on any atom is 0.262 e. The van der Waals surface area contributed by atoms with Crippen molar-refractivity contribution in [2.45, 2.75) is 20.8 Å². The molecule has 1 N–H and O–H groups in total. The van der Waals surface area contributed by atoms with Gasteiger partial charge in [0.2, 0.25) is 5.88 Å². The van der Waals surface area contributed by atoms with Crippen LogP contribution in [0.3, 0.4) is 0 Å². The van der Waals surface area contributed by atoms with Crippen molar-refractivity contribution in [3.05, 3.63) is 5.82 Å². The largest absolute Gasteiger partial charge is 0.466 e. The first-order chi connectivity index (χ1) is 8.15. The first-order valence-corrected chi connectivity index (χ1v) is 5.72. The average molecular weight is 236 g/mol. The van der Waals surface area contributed by atoms with Gasteiger partial charge < -0.3 is 15.0 Å². The first-order valence-electron chi connectivity index (χ1n) is 5.72. The third kappa shape index (κ3) is 2.15. The molecule has 2 heterocycles. The number of carbonyl (C=O) groups excluding carboxylic acids is 1. The van der Waals surface area contributed by atoms with E-state index >= 15 is 0 Å². The van der Waals surface area contributed by atoms with Crippen LogP contribution < -0.4 is 15.0 Å². The molecule has 0 spiro atoms. The molecule has 0 atom stereocenters. The molecule has 0 aliphatic carbocycles. The highest BCUT2D eigenvalue weighted by molar-refractivity contribution is 5.98.